The van der Waals surface area contributed by atoms with Gasteiger partial charge in [0.1, 0.15) is 5.65 Å². The Morgan fingerprint density at radius 1 is 0.966 bits per heavy atom. The summed E-state index contributed by atoms with van der Waals surface area (Å²) in [6.45, 7) is 7.10. The lowest BCUT2D eigenvalue weighted by atomic mass is 9.78. The lowest BCUT2D eigenvalue weighted by molar-refractivity contribution is 0.0930. The van der Waals surface area contributed by atoms with Crippen molar-refractivity contribution < 1.29 is 4.79 Å². The number of nitrogens with zero attached hydrogens (tertiary/aromatic N) is 1. The molecule has 4 nitrogen and oxygen atoms in total. The zero-order valence-electron chi connectivity index (χ0n) is 16.8. The molecule has 0 saturated carbocycles. The van der Waals surface area contributed by atoms with E-state index in [1.54, 1.807) is 0 Å². The van der Waals surface area contributed by atoms with Crippen LogP contribution in [-0.2, 0) is 5.41 Å². The second-order valence-electron chi connectivity index (χ2n) is 8.46. The molecule has 29 heavy (non-hydrogen) atoms. The molecule has 1 aliphatic heterocycles. The van der Waals surface area contributed by atoms with Gasteiger partial charge in [-0.15, -0.1) is 0 Å². The Morgan fingerprint density at radius 2 is 1.79 bits per heavy atom. The van der Waals surface area contributed by atoms with Gasteiger partial charge in [-0.2, -0.15) is 0 Å². The normalized spacial score (nSPS) is 15.2. The lowest BCUT2D eigenvalue weighted by Crippen LogP contribution is -2.43. The number of carbonyl (C=O) groups excluding carboxylic acids is 1. The van der Waals surface area contributed by atoms with Crippen LogP contribution in [0.5, 0.6) is 0 Å². The minimum atomic E-state index is -0.101. The molecule has 0 unspecified atom stereocenters. The Kier molecular flexibility index (Phi) is 3.85. The van der Waals surface area contributed by atoms with Crippen LogP contribution in [0.2, 0.25) is 0 Å². The molecule has 5 rings (SSSR count). The van der Waals surface area contributed by atoms with E-state index in [9.17, 15) is 4.79 Å². The number of rotatable bonds is 2. The summed E-state index contributed by atoms with van der Waals surface area (Å²) in [5.74, 6) is 0.00769. The van der Waals surface area contributed by atoms with Gasteiger partial charge < -0.3 is 10.3 Å². The molecule has 2 aromatic heterocycles. The van der Waals surface area contributed by atoms with Gasteiger partial charge in [0.2, 0.25) is 0 Å². The van der Waals surface area contributed by atoms with E-state index >= 15 is 0 Å². The first-order valence-corrected chi connectivity index (χ1v) is 9.90. The third-order valence-corrected chi connectivity index (χ3v) is 5.98. The number of pyridine rings is 1. The van der Waals surface area contributed by atoms with Gasteiger partial charge in [-0.3, -0.25) is 4.79 Å². The van der Waals surface area contributed by atoms with Crippen molar-refractivity contribution in [1.82, 2.24) is 15.3 Å². The molecule has 0 radical (unpaired) electrons. The largest absolute Gasteiger partial charge is 0.351 e. The Labute approximate surface area is 170 Å². The van der Waals surface area contributed by atoms with Crippen molar-refractivity contribution in [3.63, 3.8) is 0 Å². The average molecular weight is 381 g/mol. The molecule has 0 spiro atoms. The van der Waals surface area contributed by atoms with Gasteiger partial charge in [-0.05, 0) is 47.4 Å². The predicted octanol–water partition coefficient (Wildman–Crippen LogP) is 5.23. The number of hydrogen-bond donors (Lipinski definition) is 2. The lowest BCUT2D eigenvalue weighted by Gasteiger charge is -2.32. The van der Waals surface area contributed by atoms with Crippen molar-refractivity contribution in [2.75, 3.05) is 6.54 Å². The first kappa shape index (κ1) is 17.7. The molecular formula is C25H23N3O. The Hall–Kier alpha value is -3.40. The fourth-order valence-corrected chi connectivity index (χ4v) is 4.25. The fourth-order valence-electron chi connectivity index (χ4n) is 4.25. The number of aromatic nitrogens is 2. The van der Waals surface area contributed by atoms with Crippen molar-refractivity contribution in [2.24, 2.45) is 0 Å². The molecule has 144 valence electrons. The van der Waals surface area contributed by atoms with E-state index in [1.807, 2.05) is 24.5 Å². The Bertz CT molecular complexity index is 1270. The quantitative estimate of drug-likeness (QED) is 0.500. The van der Waals surface area contributed by atoms with E-state index in [1.165, 1.54) is 11.1 Å². The van der Waals surface area contributed by atoms with Crippen LogP contribution in [-0.4, -0.2) is 22.4 Å². The topological polar surface area (TPSA) is 57.8 Å². The summed E-state index contributed by atoms with van der Waals surface area (Å²) in [5.41, 5.74) is 8.36. The van der Waals surface area contributed by atoms with Gasteiger partial charge in [-0.1, -0.05) is 44.2 Å². The second-order valence-corrected chi connectivity index (χ2v) is 8.46. The zero-order valence-corrected chi connectivity index (χ0v) is 16.8. The number of H-pyrrole nitrogens is 1. The van der Waals surface area contributed by atoms with Gasteiger partial charge >= 0.3 is 0 Å². The van der Waals surface area contributed by atoms with Crippen molar-refractivity contribution >= 4 is 16.9 Å². The standard InChI is InChI=1S/C25H23N3O/c1-15-6-4-5-7-18(15)17-10-20-21(13-27-23(20)26-12-17)16-8-9-19-22(11-16)25(2,3)14-28-24(19)29/h4-13H,14H2,1-3H3,(H,26,27)(H,28,29). The highest BCUT2D eigenvalue weighted by molar-refractivity contribution is 6.00. The maximum absolute atomic E-state index is 12.3. The van der Waals surface area contributed by atoms with Crippen molar-refractivity contribution in [3.05, 3.63) is 77.6 Å². The minimum absolute atomic E-state index is 0.00769. The predicted molar refractivity (Wildman–Crippen MR) is 117 cm³/mol. The van der Waals surface area contributed by atoms with Crippen LogP contribution >= 0.6 is 0 Å². The number of benzene rings is 2. The van der Waals surface area contributed by atoms with E-state index < -0.39 is 0 Å². The summed E-state index contributed by atoms with van der Waals surface area (Å²) in [5, 5.41) is 4.07. The highest BCUT2D eigenvalue weighted by Crippen LogP contribution is 2.36. The molecule has 0 atom stereocenters. The molecule has 4 aromatic rings. The summed E-state index contributed by atoms with van der Waals surface area (Å²) in [6.07, 6.45) is 3.93. The van der Waals surface area contributed by atoms with Gasteiger partial charge in [0.25, 0.3) is 5.91 Å². The molecule has 4 heteroatoms. The summed E-state index contributed by atoms with van der Waals surface area (Å²) in [4.78, 5) is 20.2. The van der Waals surface area contributed by atoms with E-state index in [0.717, 1.165) is 38.9 Å². The third kappa shape index (κ3) is 2.83. The van der Waals surface area contributed by atoms with Crippen LogP contribution in [0.25, 0.3) is 33.3 Å². The number of hydrogen-bond acceptors (Lipinski definition) is 2. The van der Waals surface area contributed by atoms with E-state index in [-0.39, 0.29) is 11.3 Å². The molecule has 1 amide bonds. The number of amides is 1. The number of aromatic amines is 1. The molecule has 2 aromatic carbocycles. The summed E-state index contributed by atoms with van der Waals surface area (Å²) < 4.78 is 0. The Balaban J connectivity index is 1.67. The van der Waals surface area contributed by atoms with Gasteiger partial charge in [0.05, 0.1) is 0 Å². The zero-order chi connectivity index (χ0) is 20.2. The second kappa shape index (κ2) is 6.31. The molecule has 0 bridgehead atoms. The molecule has 0 fully saturated rings. The van der Waals surface area contributed by atoms with Gasteiger partial charge in [0.15, 0.2) is 0 Å². The van der Waals surface area contributed by atoms with Gasteiger partial charge in [0, 0.05) is 46.4 Å². The fraction of sp³-hybridized carbons (Fsp3) is 0.200. The molecule has 1 aliphatic rings. The van der Waals surface area contributed by atoms with Crippen LogP contribution < -0.4 is 5.32 Å². The summed E-state index contributed by atoms with van der Waals surface area (Å²) in [7, 11) is 0. The summed E-state index contributed by atoms with van der Waals surface area (Å²) >= 11 is 0. The SMILES string of the molecule is Cc1ccccc1-c1cnc2[nH]cc(-c3ccc4c(c3)C(C)(C)CNC4=O)c2c1. The summed E-state index contributed by atoms with van der Waals surface area (Å²) in [6, 6.07) is 16.7. The van der Waals surface area contributed by atoms with Crippen LogP contribution in [0.3, 0.4) is 0 Å². The first-order chi connectivity index (χ1) is 13.9. The van der Waals surface area contributed by atoms with Crippen LogP contribution in [0.4, 0.5) is 0 Å². The number of fused-ring (bicyclic) bond motifs is 2. The van der Waals surface area contributed by atoms with Crippen molar-refractivity contribution in [2.45, 2.75) is 26.2 Å². The van der Waals surface area contributed by atoms with Crippen molar-refractivity contribution in [1.29, 1.82) is 0 Å². The van der Waals surface area contributed by atoms with Crippen LogP contribution in [0, 0.1) is 6.92 Å². The molecule has 3 heterocycles. The smallest absolute Gasteiger partial charge is 0.251 e. The first-order valence-electron chi connectivity index (χ1n) is 9.90. The molecule has 2 N–H and O–H groups in total. The average Bonchev–Trinajstić information content (AvgIpc) is 3.14. The van der Waals surface area contributed by atoms with E-state index in [0.29, 0.717) is 6.54 Å². The number of nitrogens with one attached hydrogen (secondary N) is 2. The highest BCUT2D eigenvalue weighted by Gasteiger charge is 2.31. The van der Waals surface area contributed by atoms with Gasteiger partial charge in [-0.25, -0.2) is 4.98 Å². The molecule has 0 aliphatic carbocycles. The number of carbonyl (C=O) groups is 1. The maximum atomic E-state index is 12.3. The monoisotopic (exact) mass is 381 g/mol. The number of aryl methyl sites for hydroxylation is 1. The van der Waals surface area contributed by atoms with Crippen LogP contribution in [0.15, 0.2) is 60.9 Å². The maximum Gasteiger partial charge on any atom is 0.251 e. The minimum Gasteiger partial charge on any atom is -0.351 e. The highest BCUT2D eigenvalue weighted by atomic mass is 16.1. The Morgan fingerprint density at radius 3 is 2.62 bits per heavy atom. The van der Waals surface area contributed by atoms with E-state index in [4.69, 9.17) is 0 Å². The van der Waals surface area contributed by atoms with Crippen LogP contribution in [0.1, 0.15) is 35.3 Å². The molecular weight excluding hydrogens is 358 g/mol. The molecule has 0 saturated heterocycles. The third-order valence-electron chi connectivity index (χ3n) is 5.98. The van der Waals surface area contributed by atoms with Crippen molar-refractivity contribution in [3.8, 4) is 22.3 Å². The van der Waals surface area contributed by atoms with E-state index in [2.05, 4.69) is 72.5 Å².